The molecule has 0 unspecified atom stereocenters. The fourth-order valence-electron chi connectivity index (χ4n) is 1.79. The minimum atomic E-state index is -0.385. The van der Waals surface area contributed by atoms with Crippen molar-refractivity contribution in [3.05, 3.63) is 52.2 Å². The maximum Gasteiger partial charge on any atom is 0.279 e. The van der Waals surface area contributed by atoms with Gasteiger partial charge < -0.3 is 4.74 Å². The predicted molar refractivity (Wildman–Crippen MR) is 90.6 cm³/mol. The number of benzene rings is 1. The van der Waals surface area contributed by atoms with Gasteiger partial charge in [0.15, 0.2) is 0 Å². The molecule has 23 heavy (non-hydrogen) atoms. The first-order valence-electron chi connectivity index (χ1n) is 7.43. The zero-order valence-corrected chi connectivity index (χ0v) is 14.0. The van der Waals surface area contributed by atoms with E-state index in [-0.39, 0.29) is 11.8 Å². The van der Waals surface area contributed by atoms with Crippen LogP contribution in [0.2, 0.25) is 0 Å². The minimum Gasteiger partial charge on any atom is -0.494 e. The van der Waals surface area contributed by atoms with Crippen LogP contribution in [0.3, 0.4) is 0 Å². The van der Waals surface area contributed by atoms with E-state index in [0.717, 1.165) is 6.42 Å². The van der Waals surface area contributed by atoms with E-state index in [1.165, 1.54) is 11.3 Å². The molecule has 0 spiro atoms. The van der Waals surface area contributed by atoms with Crippen molar-refractivity contribution in [2.75, 3.05) is 6.61 Å². The maximum atomic E-state index is 12.1. The molecule has 1 aromatic carbocycles. The van der Waals surface area contributed by atoms with E-state index in [2.05, 4.69) is 24.7 Å². The van der Waals surface area contributed by atoms with Crippen LogP contribution in [-0.4, -0.2) is 18.4 Å². The molecule has 1 heterocycles. The van der Waals surface area contributed by atoms with Crippen molar-refractivity contribution in [3.8, 4) is 5.75 Å². The zero-order chi connectivity index (χ0) is 16.7. The summed E-state index contributed by atoms with van der Waals surface area (Å²) in [5.74, 6) is 0.485. The predicted octanol–water partition coefficient (Wildman–Crippen LogP) is 3.25. The first-order valence-corrected chi connectivity index (χ1v) is 8.31. The summed E-state index contributed by atoms with van der Waals surface area (Å²) < 4.78 is 5.63. The molecule has 0 aliphatic heterocycles. The standard InChI is InChI=1S/C17H20N2O3S/c1-12(2)8-9-22-14-6-3-5-13(11-14)16(20)18-19-17(21)15-7-4-10-23-15/h3-7,10-12H,8-9H2,1-2H3,(H,18,20)(H,19,21). The highest BCUT2D eigenvalue weighted by Crippen LogP contribution is 2.14. The number of nitrogens with one attached hydrogen (secondary N) is 2. The number of carbonyl (C=O) groups is 2. The number of hydrazine groups is 1. The Labute approximate surface area is 139 Å². The molecule has 0 saturated heterocycles. The molecule has 5 nitrogen and oxygen atoms in total. The molecule has 0 saturated carbocycles. The molecular formula is C17H20N2O3S. The molecule has 2 aromatic rings. The van der Waals surface area contributed by atoms with E-state index in [1.807, 2.05) is 0 Å². The normalized spacial score (nSPS) is 10.4. The van der Waals surface area contributed by atoms with Gasteiger partial charge in [0.25, 0.3) is 11.8 Å². The second kappa shape index (κ2) is 8.33. The Morgan fingerprint density at radius 2 is 1.91 bits per heavy atom. The molecule has 2 amide bonds. The van der Waals surface area contributed by atoms with Crippen LogP contribution in [0.5, 0.6) is 5.75 Å². The van der Waals surface area contributed by atoms with Crippen LogP contribution in [0.4, 0.5) is 0 Å². The fourth-order valence-corrected chi connectivity index (χ4v) is 2.41. The largest absolute Gasteiger partial charge is 0.494 e. The van der Waals surface area contributed by atoms with Crippen LogP contribution in [0.1, 0.15) is 40.3 Å². The third kappa shape index (κ3) is 5.41. The number of hydrogen-bond donors (Lipinski definition) is 2. The molecule has 0 aliphatic rings. The second-order valence-electron chi connectivity index (χ2n) is 5.44. The second-order valence-corrected chi connectivity index (χ2v) is 6.39. The highest BCUT2D eigenvalue weighted by Gasteiger charge is 2.10. The van der Waals surface area contributed by atoms with Crippen LogP contribution in [-0.2, 0) is 0 Å². The van der Waals surface area contributed by atoms with Gasteiger partial charge in [-0.2, -0.15) is 0 Å². The van der Waals surface area contributed by atoms with E-state index >= 15 is 0 Å². The van der Waals surface area contributed by atoms with Gasteiger partial charge in [0, 0.05) is 5.56 Å². The van der Waals surface area contributed by atoms with Gasteiger partial charge in [0.05, 0.1) is 11.5 Å². The SMILES string of the molecule is CC(C)CCOc1cccc(C(=O)NNC(=O)c2cccs2)c1. The highest BCUT2D eigenvalue weighted by molar-refractivity contribution is 7.12. The number of thiophene rings is 1. The molecule has 0 fully saturated rings. The Bertz CT molecular complexity index is 654. The van der Waals surface area contributed by atoms with Gasteiger partial charge in [0.2, 0.25) is 0 Å². The maximum absolute atomic E-state index is 12.1. The molecule has 2 rings (SSSR count). The van der Waals surface area contributed by atoms with Crippen molar-refractivity contribution in [2.45, 2.75) is 20.3 Å². The van der Waals surface area contributed by atoms with E-state index in [0.29, 0.717) is 28.7 Å². The topological polar surface area (TPSA) is 67.4 Å². The first kappa shape index (κ1) is 17.0. The quantitative estimate of drug-likeness (QED) is 0.798. The third-order valence-electron chi connectivity index (χ3n) is 3.09. The van der Waals surface area contributed by atoms with E-state index in [1.54, 1.807) is 41.8 Å². The zero-order valence-electron chi connectivity index (χ0n) is 13.2. The summed E-state index contributed by atoms with van der Waals surface area (Å²) in [6, 6.07) is 10.4. The Morgan fingerprint density at radius 3 is 2.61 bits per heavy atom. The Balaban J connectivity index is 1.88. The van der Waals surface area contributed by atoms with Crippen molar-refractivity contribution in [3.63, 3.8) is 0 Å². The molecule has 122 valence electrons. The van der Waals surface area contributed by atoms with Crippen molar-refractivity contribution in [1.29, 1.82) is 0 Å². The summed E-state index contributed by atoms with van der Waals surface area (Å²) >= 11 is 1.31. The molecule has 1 aromatic heterocycles. The summed E-state index contributed by atoms with van der Waals surface area (Å²) in [5.41, 5.74) is 5.22. The van der Waals surface area contributed by atoms with E-state index in [4.69, 9.17) is 4.74 Å². The Morgan fingerprint density at radius 1 is 1.13 bits per heavy atom. The van der Waals surface area contributed by atoms with Crippen molar-refractivity contribution in [2.24, 2.45) is 5.92 Å². The van der Waals surface area contributed by atoms with Gasteiger partial charge in [-0.15, -0.1) is 11.3 Å². The summed E-state index contributed by atoms with van der Waals surface area (Å²) in [7, 11) is 0. The number of ether oxygens (including phenoxy) is 1. The van der Waals surface area contributed by atoms with E-state index < -0.39 is 0 Å². The van der Waals surface area contributed by atoms with Gasteiger partial charge >= 0.3 is 0 Å². The summed E-state index contributed by atoms with van der Waals surface area (Å²) in [4.78, 5) is 24.4. The Kier molecular flexibility index (Phi) is 6.17. The summed E-state index contributed by atoms with van der Waals surface area (Å²) in [6.07, 6.45) is 0.952. The number of carbonyl (C=O) groups excluding carboxylic acids is 2. The first-order chi connectivity index (χ1) is 11.1. The van der Waals surface area contributed by atoms with Crippen LogP contribution >= 0.6 is 11.3 Å². The highest BCUT2D eigenvalue weighted by atomic mass is 32.1. The molecule has 0 atom stereocenters. The average Bonchev–Trinajstić information content (AvgIpc) is 3.06. The lowest BCUT2D eigenvalue weighted by molar-refractivity contribution is 0.0848. The van der Waals surface area contributed by atoms with Crippen molar-refractivity contribution in [1.82, 2.24) is 10.9 Å². The minimum absolute atomic E-state index is 0.335. The van der Waals surface area contributed by atoms with Crippen LogP contribution in [0.25, 0.3) is 0 Å². The van der Waals surface area contributed by atoms with Crippen LogP contribution < -0.4 is 15.6 Å². The van der Waals surface area contributed by atoms with Crippen molar-refractivity contribution < 1.29 is 14.3 Å². The van der Waals surface area contributed by atoms with Gasteiger partial charge in [-0.3, -0.25) is 20.4 Å². The monoisotopic (exact) mass is 332 g/mol. The van der Waals surface area contributed by atoms with E-state index in [9.17, 15) is 9.59 Å². The van der Waals surface area contributed by atoms with Crippen molar-refractivity contribution >= 4 is 23.2 Å². The molecule has 0 radical (unpaired) electrons. The molecule has 0 bridgehead atoms. The van der Waals surface area contributed by atoms with Crippen LogP contribution in [0, 0.1) is 5.92 Å². The van der Waals surface area contributed by atoms with Gasteiger partial charge in [0.1, 0.15) is 5.75 Å². The lowest BCUT2D eigenvalue weighted by Gasteiger charge is -2.10. The molecule has 2 N–H and O–H groups in total. The fraction of sp³-hybridized carbons (Fsp3) is 0.294. The lowest BCUT2D eigenvalue weighted by Crippen LogP contribution is -2.41. The molecular weight excluding hydrogens is 312 g/mol. The third-order valence-corrected chi connectivity index (χ3v) is 3.96. The summed E-state index contributed by atoms with van der Waals surface area (Å²) in [6.45, 7) is 4.87. The Hall–Kier alpha value is -2.34. The van der Waals surface area contributed by atoms with Gasteiger partial charge in [-0.1, -0.05) is 26.0 Å². The smallest absolute Gasteiger partial charge is 0.279 e. The number of amides is 2. The van der Waals surface area contributed by atoms with Gasteiger partial charge in [-0.05, 0) is 42.0 Å². The average molecular weight is 332 g/mol. The lowest BCUT2D eigenvalue weighted by atomic mass is 10.1. The number of hydrogen-bond acceptors (Lipinski definition) is 4. The van der Waals surface area contributed by atoms with Gasteiger partial charge in [-0.25, -0.2) is 0 Å². The number of rotatable bonds is 6. The molecule has 6 heteroatoms. The molecule has 0 aliphatic carbocycles. The van der Waals surface area contributed by atoms with Crippen LogP contribution in [0.15, 0.2) is 41.8 Å². The summed E-state index contributed by atoms with van der Waals surface area (Å²) in [5, 5.41) is 1.80.